The zero-order valence-corrected chi connectivity index (χ0v) is 9.16. The molecule has 1 aliphatic rings. The molecular formula is C10H16N2O3. The Morgan fingerprint density at radius 2 is 2.13 bits per heavy atom. The van der Waals surface area contributed by atoms with Crippen molar-refractivity contribution < 1.29 is 14.3 Å². The lowest BCUT2D eigenvalue weighted by Gasteiger charge is -2.23. The highest BCUT2D eigenvalue weighted by Crippen LogP contribution is 2.09. The third-order valence-corrected chi connectivity index (χ3v) is 1.71. The number of esters is 1. The fourth-order valence-corrected chi connectivity index (χ4v) is 1.17. The van der Waals surface area contributed by atoms with Gasteiger partial charge in [0, 0.05) is 12.4 Å². The number of ether oxygens (including phenoxy) is 1. The maximum absolute atomic E-state index is 11.4. The number of carbonyl (C=O) groups excluding carboxylic acids is 2. The van der Waals surface area contributed by atoms with Gasteiger partial charge in [-0.15, -0.1) is 0 Å². The van der Waals surface area contributed by atoms with Crippen molar-refractivity contribution in [2.24, 2.45) is 0 Å². The van der Waals surface area contributed by atoms with Gasteiger partial charge in [-0.25, -0.2) is 0 Å². The number of amides is 1. The van der Waals surface area contributed by atoms with E-state index in [0.29, 0.717) is 0 Å². The number of hydrogen-bond donors (Lipinski definition) is 2. The van der Waals surface area contributed by atoms with Gasteiger partial charge in [0.2, 0.25) is 5.91 Å². The van der Waals surface area contributed by atoms with Gasteiger partial charge in [-0.05, 0) is 20.8 Å². The van der Waals surface area contributed by atoms with E-state index < -0.39 is 11.6 Å². The molecule has 15 heavy (non-hydrogen) atoms. The van der Waals surface area contributed by atoms with E-state index in [9.17, 15) is 9.59 Å². The van der Waals surface area contributed by atoms with Crippen LogP contribution in [0.5, 0.6) is 0 Å². The Kier molecular flexibility index (Phi) is 3.34. The van der Waals surface area contributed by atoms with Crippen molar-refractivity contribution in [2.45, 2.75) is 38.8 Å². The fourth-order valence-electron chi connectivity index (χ4n) is 1.17. The van der Waals surface area contributed by atoms with E-state index in [1.807, 2.05) is 0 Å². The highest BCUT2D eigenvalue weighted by atomic mass is 16.6. The maximum atomic E-state index is 11.4. The van der Waals surface area contributed by atoms with Gasteiger partial charge in [-0.1, -0.05) is 0 Å². The summed E-state index contributed by atoms with van der Waals surface area (Å²) in [6.07, 6.45) is 3.12. The molecule has 1 rings (SSSR count). The zero-order chi connectivity index (χ0) is 11.5. The highest BCUT2D eigenvalue weighted by Gasteiger charge is 2.25. The van der Waals surface area contributed by atoms with Crippen LogP contribution in [0.2, 0.25) is 0 Å². The molecule has 0 fully saturated rings. The van der Waals surface area contributed by atoms with Crippen LogP contribution < -0.4 is 10.6 Å². The zero-order valence-electron chi connectivity index (χ0n) is 9.16. The molecule has 0 bridgehead atoms. The number of carbonyl (C=O) groups is 2. The topological polar surface area (TPSA) is 67.4 Å². The molecular weight excluding hydrogens is 196 g/mol. The second-order valence-electron chi connectivity index (χ2n) is 4.35. The standard InChI is InChI=1S/C10H16N2O3/c1-10(2,3)15-8(13)6-7-9(14)12-5-4-11-7/h4-5,7,11H,6H2,1-3H3,(H,12,14)/t7-/m1/s1. The first kappa shape index (κ1) is 11.6. The average molecular weight is 212 g/mol. The Morgan fingerprint density at radius 3 is 2.67 bits per heavy atom. The van der Waals surface area contributed by atoms with Crippen LogP contribution in [0.4, 0.5) is 0 Å². The first-order valence-corrected chi connectivity index (χ1v) is 4.82. The van der Waals surface area contributed by atoms with Crippen LogP contribution in [0.15, 0.2) is 12.4 Å². The lowest BCUT2D eigenvalue weighted by molar-refractivity contribution is -0.156. The van der Waals surface area contributed by atoms with Crippen LogP contribution in [-0.2, 0) is 14.3 Å². The van der Waals surface area contributed by atoms with Gasteiger partial charge >= 0.3 is 5.97 Å². The van der Waals surface area contributed by atoms with Crippen LogP contribution >= 0.6 is 0 Å². The minimum atomic E-state index is -0.537. The van der Waals surface area contributed by atoms with E-state index in [2.05, 4.69) is 10.6 Å². The first-order chi connectivity index (χ1) is 6.88. The average Bonchev–Trinajstić information content (AvgIpc) is 2.05. The van der Waals surface area contributed by atoms with E-state index in [-0.39, 0.29) is 18.3 Å². The summed E-state index contributed by atoms with van der Waals surface area (Å²) >= 11 is 0. The van der Waals surface area contributed by atoms with Crippen molar-refractivity contribution in [2.75, 3.05) is 0 Å². The van der Waals surface area contributed by atoms with E-state index in [0.717, 1.165) is 0 Å². The Labute approximate surface area is 88.9 Å². The van der Waals surface area contributed by atoms with Gasteiger partial charge in [0.1, 0.15) is 11.6 Å². The van der Waals surface area contributed by atoms with Crippen molar-refractivity contribution in [3.05, 3.63) is 12.4 Å². The second-order valence-corrected chi connectivity index (χ2v) is 4.35. The first-order valence-electron chi connectivity index (χ1n) is 4.82. The normalized spacial score (nSPS) is 20.5. The molecule has 0 saturated carbocycles. The monoisotopic (exact) mass is 212 g/mol. The number of nitrogens with one attached hydrogen (secondary N) is 2. The number of rotatable bonds is 2. The summed E-state index contributed by atoms with van der Waals surface area (Å²) in [6.45, 7) is 5.37. The van der Waals surface area contributed by atoms with Crippen molar-refractivity contribution >= 4 is 11.9 Å². The van der Waals surface area contributed by atoms with Crippen LogP contribution in [0.3, 0.4) is 0 Å². The van der Waals surface area contributed by atoms with E-state index in [1.165, 1.54) is 6.20 Å². The van der Waals surface area contributed by atoms with Crippen LogP contribution in [0.1, 0.15) is 27.2 Å². The Morgan fingerprint density at radius 1 is 1.47 bits per heavy atom. The summed E-state index contributed by atoms with van der Waals surface area (Å²) in [4.78, 5) is 22.7. The molecule has 0 aromatic carbocycles. The summed E-state index contributed by atoms with van der Waals surface area (Å²) in [6, 6.07) is -0.537. The molecule has 0 saturated heterocycles. The van der Waals surface area contributed by atoms with Gasteiger partial charge < -0.3 is 15.4 Å². The quantitative estimate of drug-likeness (QED) is 0.645. The van der Waals surface area contributed by atoms with Crippen LogP contribution in [-0.4, -0.2) is 23.5 Å². The summed E-state index contributed by atoms with van der Waals surface area (Å²) < 4.78 is 5.11. The minimum Gasteiger partial charge on any atom is -0.460 e. The summed E-state index contributed by atoms with van der Waals surface area (Å²) in [5.41, 5.74) is -0.516. The Bertz CT molecular complexity index is 292. The summed E-state index contributed by atoms with van der Waals surface area (Å²) in [7, 11) is 0. The van der Waals surface area contributed by atoms with E-state index >= 15 is 0 Å². The molecule has 5 heteroatoms. The van der Waals surface area contributed by atoms with Gasteiger partial charge in [0.15, 0.2) is 0 Å². The molecule has 1 heterocycles. The van der Waals surface area contributed by atoms with Gasteiger partial charge in [0.05, 0.1) is 6.42 Å². The highest BCUT2D eigenvalue weighted by molar-refractivity contribution is 5.88. The molecule has 2 N–H and O–H groups in total. The number of hydrogen-bond acceptors (Lipinski definition) is 4. The Balaban J connectivity index is 2.44. The summed E-state index contributed by atoms with van der Waals surface area (Å²) in [5, 5.41) is 5.30. The van der Waals surface area contributed by atoms with Crippen molar-refractivity contribution in [1.29, 1.82) is 0 Å². The molecule has 0 aromatic heterocycles. The predicted molar refractivity (Wildman–Crippen MR) is 54.7 cm³/mol. The van der Waals surface area contributed by atoms with Crippen molar-refractivity contribution in [1.82, 2.24) is 10.6 Å². The molecule has 1 amide bonds. The largest absolute Gasteiger partial charge is 0.460 e. The van der Waals surface area contributed by atoms with Crippen molar-refractivity contribution in [3.63, 3.8) is 0 Å². The van der Waals surface area contributed by atoms with Crippen LogP contribution in [0.25, 0.3) is 0 Å². The van der Waals surface area contributed by atoms with E-state index in [1.54, 1.807) is 27.0 Å². The van der Waals surface area contributed by atoms with Gasteiger partial charge in [-0.3, -0.25) is 9.59 Å². The minimum absolute atomic E-state index is 0.0352. The lowest BCUT2D eigenvalue weighted by atomic mass is 10.1. The molecule has 0 aromatic rings. The molecule has 5 nitrogen and oxygen atoms in total. The SMILES string of the molecule is CC(C)(C)OC(=O)C[C@H]1NC=CNC1=O. The van der Waals surface area contributed by atoms with Crippen LogP contribution in [0, 0.1) is 0 Å². The summed E-state index contributed by atoms with van der Waals surface area (Å²) in [5.74, 6) is -0.603. The predicted octanol–water partition coefficient (Wildman–Crippen LogP) is 0.277. The fraction of sp³-hybridized carbons (Fsp3) is 0.600. The molecule has 84 valence electrons. The van der Waals surface area contributed by atoms with E-state index in [4.69, 9.17) is 4.74 Å². The third-order valence-electron chi connectivity index (χ3n) is 1.71. The molecule has 1 aliphatic heterocycles. The molecule has 0 unspecified atom stereocenters. The smallest absolute Gasteiger partial charge is 0.308 e. The Hall–Kier alpha value is -1.52. The molecule has 0 radical (unpaired) electrons. The van der Waals surface area contributed by atoms with Crippen molar-refractivity contribution in [3.8, 4) is 0 Å². The molecule has 0 aliphatic carbocycles. The van der Waals surface area contributed by atoms with Gasteiger partial charge in [-0.2, -0.15) is 0 Å². The molecule has 1 atom stereocenters. The third kappa shape index (κ3) is 4.01. The van der Waals surface area contributed by atoms with Gasteiger partial charge in [0.25, 0.3) is 0 Å². The lowest BCUT2D eigenvalue weighted by Crippen LogP contribution is -2.45. The molecule has 0 spiro atoms. The maximum Gasteiger partial charge on any atom is 0.308 e. The second kappa shape index (κ2) is 4.33.